The van der Waals surface area contributed by atoms with Crippen LogP contribution in [0.3, 0.4) is 0 Å². The molecular formula is C10H18N6O. The highest BCUT2D eigenvalue weighted by Crippen LogP contribution is 2.33. The van der Waals surface area contributed by atoms with Gasteiger partial charge < -0.3 is 10.1 Å². The van der Waals surface area contributed by atoms with Gasteiger partial charge in [0.15, 0.2) is 0 Å². The van der Waals surface area contributed by atoms with Crippen LogP contribution in [0.4, 0.5) is 11.9 Å². The first-order valence-electron chi connectivity index (χ1n) is 5.82. The van der Waals surface area contributed by atoms with E-state index in [4.69, 9.17) is 10.6 Å². The Balaban J connectivity index is 1.84. The molecule has 0 bridgehead atoms. The van der Waals surface area contributed by atoms with Crippen LogP contribution in [-0.4, -0.2) is 28.6 Å². The normalized spacial score (nSPS) is 14.5. The van der Waals surface area contributed by atoms with Gasteiger partial charge in [0.1, 0.15) is 0 Å². The maximum atomic E-state index is 5.26. The highest BCUT2D eigenvalue weighted by Gasteiger charge is 2.20. The Kier molecular flexibility index (Phi) is 3.92. The second-order valence-electron chi connectivity index (χ2n) is 4.13. The first-order chi connectivity index (χ1) is 8.31. The van der Waals surface area contributed by atoms with Crippen LogP contribution in [0.15, 0.2) is 0 Å². The molecule has 0 aliphatic heterocycles. The number of nitrogens with zero attached hydrogens (tertiary/aromatic N) is 3. The molecule has 7 nitrogen and oxygen atoms in total. The summed E-state index contributed by atoms with van der Waals surface area (Å²) in [7, 11) is 1.51. The number of aromatic nitrogens is 3. The van der Waals surface area contributed by atoms with Gasteiger partial charge in [-0.1, -0.05) is 12.8 Å². The number of nitrogens with two attached hydrogens (primary N) is 1. The smallest absolute Gasteiger partial charge is 0.322 e. The topological polar surface area (TPSA) is 98.0 Å². The summed E-state index contributed by atoms with van der Waals surface area (Å²) in [5, 5.41) is 3.14. The van der Waals surface area contributed by atoms with Crippen molar-refractivity contribution >= 4 is 11.9 Å². The second kappa shape index (κ2) is 5.62. The van der Waals surface area contributed by atoms with Crippen LogP contribution < -0.4 is 21.3 Å². The van der Waals surface area contributed by atoms with Gasteiger partial charge in [0.2, 0.25) is 11.9 Å². The SMILES string of the molecule is COc1nc(NN)nc(NCCCC2CC2)n1. The molecule has 1 aliphatic rings. The number of hydrazine groups is 1. The van der Waals surface area contributed by atoms with Gasteiger partial charge in [-0.15, -0.1) is 0 Å². The summed E-state index contributed by atoms with van der Waals surface area (Å²) in [6, 6.07) is 0.248. The van der Waals surface area contributed by atoms with E-state index in [0.29, 0.717) is 11.9 Å². The number of methoxy groups -OCH3 is 1. The van der Waals surface area contributed by atoms with Gasteiger partial charge in [-0.25, -0.2) is 5.84 Å². The fourth-order valence-electron chi connectivity index (χ4n) is 1.59. The Morgan fingerprint density at radius 3 is 2.71 bits per heavy atom. The molecule has 4 N–H and O–H groups in total. The van der Waals surface area contributed by atoms with Gasteiger partial charge in [0, 0.05) is 6.54 Å². The van der Waals surface area contributed by atoms with Crippen molar-refractivity contribution in [3.63, 3.8) is 0 Å². The molecule has 94 valence electrons. The molecule has 0 amide bonds. The van der Waals surface area contributed by atoms with Gasteiger partial charge in [0.05, 0.1) is 7.11 Å². The first kappa shape index (κ1) is 11.8. The van der Waals surface area contributed by atoms with Crippen molar-refractivity contribution in [1.29, 1.82) is 0 Å². The van der Waals surface area contributed by atoms with E-state index in [9.17, 15) is 0 Å². The van der Waals surface area contributed by atoms with Crippen LogP contribution >= 0.6 is 0 Å². The summed E-state index contributed by atoms with van der Waals surface area (Å²) in [5.74, 6) is 6.99. The zero-order valence-electron chi connectivity index (χ0n) is 9.94. The van der Waals surface area contributed by atoms with Crippen LogP contribution in [0.5, 0.6) is 6.01 Å². The number of nitrogen functional groups attached to an aromatic ring is 1. The van der Waals surface area contributed by atoms with Crippen molar-refractivity contribution in [1.82, 2.24) is 15.0 Å². The fraction of sp³-hybridized carbons (Fsp3) is 0.700. The minimum absolute atomic E-state index is 0.248. The maximum absolute atomic E-state index is 5.26. The molecule has 1 fully saturated rings. The molecule has 17 heavy (non-hydrogen) atoms. The number of nitrogens with one attached hydrogen (secondary N) is 2. The lowest BCUT2D eigenvalue weighted by molar-refractivity contribution is 0.379. The average Bonchev–Trinajstić information content (AvgIpc) is 3.18. The third-order valence-electron chi connectivity index (χ3n) is 2.70. The van der Waals surface area contributed by atoms with Crippen molar-refractivity contribution in [3.8, 4) is 6.01 Å². The summed E-state index contributed by atoms with van der Waals surface area (Å²) < 4.78 is 4.95. The summed E-state index contributed by atoms with van der Waals surface area (Å²) in [6.07, 6.45) is 5.18. The second-order valence-corrected chi connectivity index (χ2v) is 4.13. The van der Waals surface area contributed by atoms with Crippen LogP contribution in [0.1, 0.15) is 25.7 Å². The van der Waals surface area contributed by atoms with E-state index in [1.165, 1.54) is 26.4 Å². The molecule has 1 heterocycles. The number of rotatable bonds is 7. The molecule has 0 saturated heterocycles. The summed E-state index contributed by atoms with van der Waals surface area (Å²) in [5.41, 5.74) is 2.38. The highest BCUT2D eigenvalue weighted by molar-refractivity contribution is 5.34. The highest BCUT2D eigenvalue weighted by atomic mass is 16.5. The third-order valence-corrected chi connectivity index (χ3v) is 2.70. The Hall–Kier alpha value is -1.63. The zero-order chi connectivity index (χ0) is 12.1. The minimum Gasteiger partial charge on any atom is -0.467 e. The first-order valence-corrected chi connectivity index (χ1v) is 5.82. The lowest BCUT2D eigenvalue weighted by Crippen LogP contribution is -2.14. The molecule has 1 aliphatic carbocycles. The molecule has 0 radical (unpaired) electrons. The monoisotopic (exact) mass is 238 g/mol. The minimum atomic E-state index is 0.248. The largest absolute Gasteiger partial charge is 0.467 e. The lowest BCUT2D eigenvalue weighted by atomic mass is 10.2. The predicted molar refractivity (Wildman–Crippen MR) is 64.6 cm³/mol. The summed E-state index contributed by atoms with van der Waals surface area (Å²) >= 11 is 0. The maximum Gasteiger partial charge on any atom is 0.322 e. The Morgan fingerprint density at radius 1 is 1.29 bits per heavy atom. The quantitative estimate of drug-likeness (QED) is 0.366. The summed E-state index contributed by atoms with van der Waals surface area (Å²) in [6.45, 7) is 0.855. The molecule has 1 saturated carbocycles. The molecular weight excluding hydrogens is 220 g/mol. The number of ether oxygens (including phenoxy) is 1. The van der Waals surface area contributed by atoms with Crippen molar-refractivity contribution in [2.75, 3.05) is 24.4 Å². The van der Waals surface area contributed by atoms with E-state index in [0.717, 1.165) is 18.9 Å². The van der Waals surface area contributed by atoms with Gasteiger partial charge in [-0.2, -0.15) is 15.0 Å². The van der Waals surface area contributed by atoms with E-state index in [-0.39, 0.29) is 6.01 Å². The van der Waals surface area contributed by atoms with E-state index in [2.05, 4.69) is 25.7 Å². The van der Waals surface area contributed by atoms with Crippen molar-refractivity contribution in [3.05, 3.63) is 0 Å². The van der Waals surface area contributed by atoms with Crippen LogP contribution in [0, 0.1) is 5.92 Å². The Morgan fingerprint density at radius 2 is 2.06 bits per heavy atom. The lowest BCUT2D eigenvalue weighted by Gasteiger charge is -2.07. The van der Waals surface area contributed by atoms with E-state index in [1.807, 2.05) is 0 Å². The zero-order valence-corrected chi connectivity index (χ0v) is 9.94. The third kappa shape index (κ3) is 3.70. The van der Waals surface area contributed by atoms with E-state index < -0.39 is 0 Å². The average molecular weight is 238 g/mol. The molecule has 1 aromatic heterocycles. The fourth-order valence-corrected chi connectivity index (χ4v) is 1.59. The molecule has 0 aromatic carbocycles. The molecule has 2 rings (SSSR count). The van der Waals surface area contributed by atoms with Crippen molar-refractivity contribution in [2.45, 2.75) is 25.7 Å². The van der Waals surface area contributed by atoms with Gasteiger partial charge in [-0.3, -0.25) is 5.43 Å². The molecule has 0 spiro atoms. The molecule has 0 atom stereocenters. The van der Waals surface area contributed by atoms with Crippen LogP contribution in [-0.2, 0) is 0 Å². The van der Waals surface area contributed by atoms with Gasteiger partial charge in [-0.05, 0) is 18.8 Å². The van der Waals surface area contributed by atoms with Crippen LogP contribution in [0.2, 0.25) is 0 Å². The van der Waals surface area contributed by atoms with E-state index in [1.54, 1.807) is 0 Å². The van der Waals surface area contributed by atoms with Gasteiger partial charge >= 0.3 is 6.01 Å². The Labute approximate surface area is 100 Å². The van der Waals surface area contributed by atoms with Gasteiger partial charge in [0.25, 0.3) is 0 Å². The molecule has 1 aromatic rings. The number of hydrogen-bond acceptors (Lipinski definition) is 7. The van der Waals surface area contributed by atoms with Crippen molar-refractivity contribution < 1.29 is 4.74 Å². The molecule has 0 unspecified atom stereocenters. The van der Waals surface area contributed by atoms with E-state index >= 15 is 0 Å². The number of anilines is 2. The number of hydrogen-bond donors (Lipinski definition) is 3. The standard InChI is InChI=1S/C10H18N6O/c1-17-10-14-8(13-9(15-10)16-11)12-6-2-3-7-4-5-7/h7H,2-6,11H2,1H3,(H2,12,13,14,15,16). The predicted octanol–water partition coefficient (Wildman–Crippen LogP) is 0.768. The molecule has 7 heteroatoms. The van der Waals surface area contributed by atoms with Crippen LogP contribution in [0.25, 0.3) is 0 Å². The summed E-state index contributed by atoms with van der Waals surface area (Å²) in [4.78, 5) is 12.1. The Bertz CT molecular complexity index is 346. The van der Waals surface area contributed by atoms with Crippen molar-refractivity contribution in [2.24, 2.45) is 11.8 Å².